The molecule has 0 bridgehead atoms. The summed E-state index contributed by atoms with van der Waals surface area (Å²) in [6, 6.07) is 11.7. The summed E-state index contributed by atoms with van der Waals surface area (Å²) in [4.78, 5) is 8.69. The van der Waals surface area contributed by atoms with E-state index in [1.54, 1.807) is 13.3 Å². The van der Waals surface area contributed by atoms with Gasteiger partial charge in [-0.1, -0.05) is 12.1 Å². The maximum atomic E-state index is 5.72. The summed E-state index contributed by atoms with van der Waals surface area (Å²) < 4.78 is 10.9. The number of nitrogens with zero attached hydrogens (tertiary/aromatic N) is 2. The minimum Gasteiger partial charge on any atom is -0.497 e. The number of rotatable bonds is 5. The predicted molar refractivity (Wildman–Crippen MR) is 89.0 cm³/mol. The topological polar surface area (TPSA) is 67.8 Å². The van der Waals surface area contributed by atoms with Crippen LogP contribution in [0.2, 0.25) is 0 Å². The fourth-order valence-electron chi connectivity index (χ4n) is 2.21. The molecule has 6 heteroatoms. The molecular formula is C17H20N4O2. The summed E-state index contributed by atoms with van der Waals surface area (Å²) >= 11 is 0. The molecule has 1 aromatic heterocycles. The molecule has 2 N–H and O–H groups in total. The molecule has 0 amide bonds. The van der Waals surface area contributed by atoms with Gasteiger partial charge in [0.05, 0.1) is 13.7 Å². The van der Waals surface area contributed by atoms with E-state index in [1.165, 1.54) is 0 Å². The molecule has 3 rings (SSSR count). The summed E-state index contributed by atoms with van der Waals surface area (Å²) in [6.45, 7) is 3.59. The Morgan fingerprint density at radius 3 is 2.83 bits per heavy atom. The Kier molecular flexibility index (Phi) is 4.61. The number of hydrogen-bond acceptors (Lipinski definition) is 6. The molecule has 23 heavy (non-hydrogen) atoms. The van der Waals surface area contributed by atoms with Gasteiger partial charge < -0.3 is 20.1 Å². The van der Waals surface area contributed by atoms with Crippen LogP contribution in [0.3, 0.4) is 0 Å². The number of aliphatic imine (C=N–C) groups is 1. The van der Waals surface area contributed by atoms with Crippen molar-refractivity contribution in [1.29, 1.82) is 0 Å². The Morgan fingerprint density at radius 1 is 1.26 bits per heavy atom. The molecule has 1 aliphatic heterocycles. The van der Waals surface area contributed by atoms with Gasteiger partial charge in [0.25, 0.3) is 0 Å². The van der Waals surface area contributed by atoms with Crippen molar-refractivity contribution < 1.29 is 9.47 Å². The number of aromatic nitrogens is 1. The van der Waals surface area contributed by atoms with Gasteiger partial charge in [-0.15, -0.1) is 0 Å². The smallest absolute Gasteiger partial charge is 0.219 e. The second kappa shape index (κ2) is 7.00. The third-order valence-corrected chi connectivity index (χ3v) is 3.43. The number of hydrogen-bond donors (Lipinski definition) is 2. The summed E-state index contributed by atoms with van der Waals surface area (Å²) in [5, 5.41) is 6.51. The lowest BCUT2D eigenvalue weighted by Gasteiger charge is -2.09. The highest BCUT2D eigenvalue weighted by atomic mass is 16.5. The molecule has 120 valence electrons. The summed E-state index contributed by atoms with van der Waals surface area (Å²) in [5.41, 5.74) is 1.06. The molecule has 1 aliphatic rings. The van der Waals surface area contributed by atoms with E-state index < -0.39 is 0 Å². The average molecular weight is 312 g/mol. The van der Waals surface area contributed by atoms with Gasteiger partial charge in [0.15, 0.2) is 5.96 Å². The number of benzene rings is 1. The van der Waals surface area contributed by atoms with Crippen molar-refractivity contribution in [3.63, 3.8) is 0 Å². The van der Waals surface area contributed by atoms with Crippen LogP contribution in [0.25, 0.3) is 0 Å². The first kappa shape index (κ1) is 15.1. The summed E-state index contributed by atoms with van der Waals surface area (Å²) in [6.07, 6.45) is 1.79. The van der Waals surface area contributed by atoms with Crippen molar-refractivity contribution in [2.45, 2.75) is 19.5 Å². The third-order valence-electron chi connectivity index (χ3n) is 3.43. The molecular weight excluding hydrogens is 292 g/mol. The SMILES string of the molecule is COc1cccc(Oc2ccc(CNC3=NCC(C)N3)cn2)c1. The average Bonchev–Trinajstić information content (AvgIpc) is 3.00. The Morgan fingerprint density at radius 2 is 2.13 bits per heavy atom. The first-order chi connectivity index (χ1) is 11.2. The highest BCUT2D eigenvalue weighted by Crippen LogP contribution is 2.23. The first-order valence-corrected chi connectivity index (χ1v) is 7.54. The van der Waals surface area contributed by atoms with E-state index in [1.807, 2.05) is 36.4 Å². The first-order valence-electron chi connectivity index (χ1n) is 7.54. The number of guanidine groups is 1. The number of methoxy groups -OCH3 is 1. The highest BCUT2D eigenvalue weighted by Gasteiger charge is 2.11. The van der Waals surface area contributed by atoms with Crippen LogP contribution < -0.4 is 20.1 Å². The molecule has 6 nitrogen and oxygen atoms in total. The van der Waals surface area contributed by atoms with E-state index in [4.69, 9.17) is 9.47 Å². The summed E-state index contributed by atoms with van der Waals surface area (Å²) in [5.74, 6) is 2.84. The van der Waals surface area contributed by atoms with E-state index in [9.17, 15) is 0 Å². The van der Waals surface area contributed by atoms with Gasteiger partial charge in [-0.2, -0.15) is 0 Å². The third kappa shape index (κ3) is 4.12. The van der Waals surface area contributed by atoms with Crippen LogP contribution in [-0.2, 0) is 6.54 Å². The summed E-state index contributed by atoms with van der Waals surface area (Å²) in [7, 11) is 1.63. The molecule has 1 aromatic carbocycles. The number of ether oxygens (including phenoxy) is 2. The normalized spacial score (nSPS) is 16.4. The minimum atomic E-state index is 0.397. The van der Waals surface area contributed by atoms with E-state index in [0.29, 0.717) is 24.2 Å². The molecule has 2 aromatic rings. The zero-order valence-corrected chi connectivity index (χ0v) is 13.2. The molecule has 2 heterocycles. The standard InChI is InChI=1S/C17H20N4O2/c1-12-9-19-17(21-12)20-11-13-6-7-16(18-10-13)23-15-5-3-4-14(8-15)22-2/h3-8,10,12H,9,11H2,1-2H3,(H2,19,20,21). The van der Waals surface area contributed by atoms with Gasteiger partial charge in [0, 0.05) is 30.9 Å². The highest BCUT2D eigenvalue weighted by molar-refractivity contribution is 5.81. The Hall–Kier alpha value is -2.76. The van der Waals surface area contributed by atoms with Crippen molar-refractivity contribution in [1.82, 2.24) is 15.6 Å². The van der Waals surface area contributed by atoms with Crippen LogP contribution in [0.4, 0.5) is 0 Å². The van der Waals surface area contributed by atoms with Gasteiger partial charge in [-0.05, 0) is 24.6 Å². The van der Waals surface area contributed by atoms with Crippen LogP contribution in [0, 0.1) is 0 Å². The molecule has 0 saturated heterocycles. The Bertz CT molecular complexity index is 685. The Balaban J connectivity index is 1.56. The zero-order chi connectivity index (χ0) is 16.1. The van der Waals surface area contributed by atoms with Gasteiger partial charge in [-0.3, -0.25) is 4.99 Å². The predicted octanol–water partition coefficient (Wildman–Crippen LogP) is 2.32. The second-order valence-electron chi connectivity index (χ2n) is 5.37. The van der Waals surface area contributed by atoms with Crippen molar-refractivity contribution in [2.75, 3.05) is 13.7 Å². The van der Waals surface area contributed by atoms with Crippen molar-refractivity contribution in [3.05, 3.63) is 48.2 Å². The maximum absolute atomic E-state index is 5.72. The lowest BCUT2D eigenvalue weighted by molar-refractivity contribution is 0.407. The molecule has 0 radical (unpaired) electrons. The molecule has 0 fully saturated rings. The Labute approximate surface area is 135 Å². The fourth-order valence-corrected chi connectivity index (χ4v) is 2.21. The number of pyridine rings is 1. The number of nitrogens with one attached hydrogen (secondary N) is 2. The fraction of sp³-hybridized carbons (Fsp3) is 0.294. The molecule has 1 unspecified atom stereocenters. The van der Waals surface area contributed by atoms with Crippen LogP contribution in [0.1, 0.15) is 12.5 Å². The molecule has 0 spiro atoms. The van der Waals surface area contributed by atoms with Crippen molar-refractivity contribution >= 4 is 5.96 Å². The molecule has 0 saturated carbocycles. The minimum absolute atomic E-state index is 0.397. The monoisotopic (exact) mass is 312 g/mol. The van der Waals surface area contributed by atoms with Gasteiger partial charge in [-0.25, -0.2) is 4.98 Å². The van der Waals surface area contributed by atoms with Crippen LogP contribution in [0.5, 0.6) is 17.4 Å². The lowest BCUT2D eigenvalue weighted by atomic mass is 10.3. The second-order valence-corrected chi connectivity index (χ2v) is 5.37. The van der Waals surface area contributed by atoms with Crippen LogP contribution in [-0.4, -0.2) is 30.6 Å². The van der Waals surface area contributed by atoms with Crippen molar-refractivity contribution in [3.8, 4) is 17.4 Å². The van der Waals surface area contributed by atoms with Crippen LogP contribution >= 0.6 is 0 Å². The van der Waals surface area contributed by atoms with Crippen LogP contribution in [0.15, 0.2) is 47.6 Å². The van der Waals surface area contributed by atoms with Gasteiger partial charge in [0.2, 0.25) is 5.88 Å². The molecule has 0 aliphatic carbocycles. The maximum Gasteiger partial charge on any atom is 0.219 e. The van der Waals surface area contributed by atoms with Gasteiger partial charge in [0.1, 0.15) is 11.5 Å². The van der Waals surface area contributed by atoms with Crippen molar-refractivity contribution in [2.24, 2.45) is 4.99 Å². The van der Waals surface area contributed by atoms with E-state index in [-0.39, 0.29) is 0 Å². The van der Waals surface area contributed by atoms with E-state index in [0.717, 1.165) is 23.8 Å². The largest absolute Gasteiger partial charge is 0.497 e. The quantitative estimate of drug-likeness (QED) is 0.887. The zero-order valence-electron chi connectivity index (χ0n) is 13.2. The van der Waals surface area contributed by atoms with Gasteiger partial charge >= 0.3 is 0 Å². The van der Waals surface area contributed by atoms with E-state index >= 15 is 0 Å². The lowest BCUT2D eigenvalue weighted by Crippen LogP contribution is -2.37. The molecule has 1 atom stereocenters. The van der Waals surface area contributed by atoms with E-state index in [2.05, 4.69) is 27.5 Å².